The van der Waals surface area contributed by atoms with Gasteiger partial charge in [0.05, 0.1) is 18.7 Å². The molecule has 0 saturated carbocycles. The van der Waals surface area contributed by atoms with E-state index in [1.165, 1.54) is 19.1 Å². The first-order valence-electron chi connectivity index (χ1n) is 14.6. The van der Waals surface area contributed by atoms with Gasteiger partial charge < -0.3 is 29.8 Å². The molecule has 230 valence electrons. The van der Waals surface area contributed by atoms with Crippen molar-refractivity contribution in [2.45, 2.75) is 26.4 Å². The molecule has 3 N–H and O–H groups in total. The van der Waals surface area contributed by atoms with Gasteiger partial charge in [0.15, 0.2) is 5.82 Å². The molecule has 11 heteroatoms. The van der Waals surface area contributed by atoms with Crippen molar-refractivity contribution >= 4 is 39.9 Å². The average Bonchev–Trinajstić information content (AvgIpc) is 3.53. The van der Waals surface area contributed by atoms with Crippen molar-refractivity contribution in [1.82, 2.24) is 9.97 Å². The molecule has 1 unspecified atom stereocenters. The lowest BCUT2D eigenvalue weighted by molar-refractivity contribution is -0.116. The third-order valence-corrected chi connectivity index (χ3v) is 7.46. The van der Waals surface area contributed by atoms with Gasteiger partial charge in [-0.1, -0.05) is 12.1 Å². The molecule has 5 aromatic rings. The molecule has 3 aromatic carbocycles. The van der Waals surface area contributed by atoms with Gasteiger partial charge in [-0.3, -0.25) is 4.79 Å². The summed E-state index contributed by atoms with van der Waals surface area (Å²) < 4.78 is 25.7. The second-order valence-corrected chi connectivity index (χ2v) is 10.9. The fourth-order valence-corrected chi connectivity index (χ4v) is 5.18. The quantitative estimate of drug-likeness (QED) is 0.185. The van der Waals surface area contributed by atoms with Crippen LogP contribution in [0.5, 0.6) is 0 Å². The SMILES string of the molecule is CC(=O)Cc1ccc(NC(=O)Nc2ccc(-c3nc(N4CCOCC4)c4ccc(-c5ccc(C(C)O)o5)cc4n3)cc2)cc1F. The monoisotopic (exact) mass is 609 g/mol. The van der Waals surface area contributed by atoms with E-state index in [2.05, 4.69) is 15.5 Å². The second-order valence-electron chi connectivity index (χ2n) is 10.9. The molecule has 0 spiro atoms. The van der Waals surface area contributed by atoms with E-state index >= 15 is 0 Å². The molecule has 0 aliphatic carbocycles. The molecule has 1 aliphatic heterocycles. The summed E-state index contributed by atoms with van der Waals surface area (Å²) in [6.45, 7) is 5.65. The lowest BCUT2D eigenvalue weighted by Gasteiger charge is -2.29. The van der Waals surface area contributed by atoms with Crippen LogP contribution in [0, 0.1) is 5.82 Å². The molecule has 1 atom stereocenters. The maximum atomic E-state index is 14.3. The smallest absolute Gasteiger partial charge is 0.323 e. The van der Waals surface area contributed by atoms with Crippen molar-refractivity contribution in [1.29, 1.82) is 0 Å². The zero-order valence-electron chi connectivity index (χ0n) is 24.8. The summed E-state index contributed by atoms with van der Waals surface area (Å²) in [5.41, 5.74) is 3.38. The predicted molar refractivity (Wildman–Crippen MR) is 170 cm³/mol. The summed E-state index contributed by atoms with van der Waals surface area (Å²) in [6, 6.07) is 20.3. The minimum atomic E-state index is -0.710. The van der Waals surface area contributed by atoms with Crippen molar-refractivity contribution in [3.63, 3.8) is 0 Å². The topological polar surface area (TPSA) is 130 Å². The zero-order chi connectivity index (χ0) is 31.5. The third-order valence-electron chi connectivity index (χ3n) is 7.46. The number of morpholine rings is 1. The van der Waals surface area contributed by atoms with Gasteiger partial charge in [-0.05, 0) is 80.1 Å². The van der Waals surface area contributed by atoms with E-state index in [4.69, 9.17) is 19.1 Å². The maximum absolute atomic E-state index is 14.3. The van der Waals surface area contributed by atoms with Crippen LogP contribution in [0.1, 0.15) is 31.3 Å². The molecule has 10 nitrogen and oxygen atoms in total. The van der Waals surface area contributed by atoms with Crippen molar-refractivity contribution in [2.75, 3.05) is 41.8 Å². The number of ketones is 1. The Hall–Kier alpha value is -5.13. The van der Waals surface area contributed by atoms with Crippen molar-refractivity contribution in [2.24, 2.45) is 0 Å². The normalized spacial score (nSPS) is 13.9. The molecule has 6 rings (SSSR count). The molecular formula is C34H32FN5O5. The zero-order valence-corrected chi connectivity index (χ0v) is 24.8. The van der Waals surface area contributed by atoms with Crippen LogP contribution in [0.4, 0.5) is 26.4 Å². The number of aliphatic hydroxyl groups is 1. The highest BCUT2D eigenvalue weighted by Crippen LogP contribution is 2.33. The Labute approximate surface area is 258 Å². The third kappa shape index (κ3) is 6.84. The maximum Gasteiger partial charge on any atom is 0.323 e. The number of benzene rings is 3. The molecule has 2 amide bonds. The van der Waals surface area contributed by atoms with Crippen LogP contribution in [-0.2, 0) is 16.0 Å². The number of nitrogens with one attached hydrogen (secondary N) is 2. The van der Waals surface area contributed by atoms with E-state index in [-0.39, 0.29) is 23.5 Å². The molecule has 0 bridgehead atoms. The Bertz CT molecular complexity index is 1870. The lowest BCUT2D eigenvalue weighted by atomic mass is 10.1. The summed E-state index contributed by atoms with van der Waals surface area (Å²) in [5, 5.41) is 16.1. The average molecular weight is 610 g/mol. The summed E-state index contributed by atoms with van der Waals surface area (Å²) in [4.78, 5) is 35.9. The summed E-state index contributed by atoms with van der Waals surface area (Å²) in [7, 11) is 0. The van der Waals surface area contributed by atoms with Crippen LogP contribution < -0.4 is 15.5 Å². The fraction of sp³-hybridized carbons (Fsp3) is 0.235. The summed E-state index contributed by atoms with van der Waals surface area (Å²) in [6.07, 6.45) is -0.715. The molecule has 0 radical (unpaired) electrons. The van der Waals surface area contributed by atoms with E-state index in [1.54, 1.807) is 31.2 Å². The number of Topliss-reactive ketones (excluding diaryl/α,β-unsaturated/α-hetero) is 1. The van der Waals surface area contributed by atoms with Gasteiger partial charge in [-0.15, -0.1) is 0 Å². The molecule has 1 saturated heterocycles. The van der Waals surface area contributed by atoms with Gasteiger partial charge in [0.2, 0.25) is 0 Å². The van der Waals surface area contributed by atoms with Crippen LogP contribution >= 0.6 is 0 Å². The first kappa shape index (κ1) is 29.9. The Morgan fingerprint density at radius 1 is 0.933 bits per heavy atom. The number of anilines is 3. The molecule has 1 fully saturated rings. The molecule has 45 heavy (non-hydrogen) atoms. The van der Waals surface area contributed by atoms with Crippen molar-refractivity contribution in [3.05, 3.63) is 89.9 Å². The number of amides is 2. The van der Waals surface area contributed by atoms with E-state index in [0.717, 1.165) is 27.8 Å². The minimum Gasteiger partial charge on any atom is -0.458 e. The van der Waals surface area contributed by atoms with Crippen LogP contribution in [-0.4, -0.2) is 53.2 Å². The van der Waals surface area contributed by atoms with E-state index in [9.17, 15) is 19.1 Å². The van der Waals surface area contributed by atoms with Gasteiger partial charge in [0.1, 0.15) is 35.0 Å². The van der Waals surface area contributed by atoms with Gasteiger partial charge in [0.25, 0.3) is 0 Å². The second kappa shape index (κ2) is 12.8. The molecule has 3 heterocycles. The first-order chi connectivity index (χ1) is 21.7. The highest BCUT2D eigenvalue weighted by molar-refractivity contribution is 6.00. The highest BCUT2D eigenvalue weighted by atomic mass is 19.1. The number of ether oxygens (including phenoxy) is 1. The Balaban J connectivity index is 1.25. The van der Waals surface area contributed by atoms with Crippen molar-refractivity contribution in [3.8, 4) is 22.7 Å². The Morgan fingerprint density at radius 3 is 2.33 bits per heavy atom. The Morgan fingerprint density at radius 2 is 1.64 bits per heavy atom. The van der Waals surface area contributed by atoms with Gasteiger partial charge in [0, 0.05) is 47.4 Å². The number of halogens is 1. The predicted octanol–water partition coefficient (Wildman–Crippen LogP) is 6.36. The first-order valence-corrected chi connectivity index (χ1v) is 14.6. The standard InChI is InChI=1S/C34H32FN5O5/c1-20(41)17-23-5-9-26(19-28(23)35)37-34(43)36-25-7-3-22(4-8-25)32-38-29-18-24(31-12-11-30(45-31)21(2)42)6-10-27(29)33(39-32)40-13-15-44-16-14-40/h3-12,18-19,21,42H,13-17H2,1-2H3,(H2,36,37,43). The largest absolute Gasteiger partial charge is 0.458 e. The van der Waals surface area contributed by atoms with Crippen LogP contribution in [0.3, 0.4) is 0 Å². The number of nitrogens with zero attached hydrogens (tertiary/aromatic N) is 3. The number of fused-ring (bicyclic) bond motifs is 1. The number of carbonyl (C=O) groups excluding carboxylic acids is 2. The number of aliphatic hydroxyl groups excluding tert-OH is 1. The summed E-state index contributed by atoms with van der Waals surface area (Å²) >= 11 is 0. The Kier molecular flexibility index (Phi) is 8.54. The van der Waals surface area contributed by atoms with E-state index < -0.39 is 18.0 Å². The van der Waals surface area contributed by atoms with Gasteiger partial charge >= 0.3 is 6.03 Å². The number of furan rings is 1. The van der Waals surface area contributed by atoms with Crippen molar-refractivity contribution < 1.29 is 28.2 Å². The van der Waals surface area contributed by atoms with E-state index in [1.807, 2.05) is 36.4 Å². The van der Waals surface area contributed by atoms with Crippen LogP contribution in [0.25, 0.3) is 33.6 Å². The van der Waals surface area contributed by atoms with Gasteiger partial charge in [-0.25, -0.2) is 19.2 Å². The fourth-order valence-electron chi connectivity index (χ4n) is 5.18. The van der Waals surface area contributed by atoms with Gasteiger partial charge in [-0.2, -0.15) is 0 Å². The highest BCUT2D eigenvalue weighted by Gasteiger charge is 2.19. The minimum absolute atomic E-state index is 0.00449. The van der Waals surface area contributed by atoms with E-state index in [0.29, 0.717) is 49.3 Å². The number of aromatic nitrogens is 2. The number of rotatable bonds is 8. The number of urea groups is 1. The summed E-state index contributed by atoms with van der Waals surface area (Å²) in [5.74, 6) is 1.73. The number of carbonyl (C=O) groups is 2. The number of hydrogen-bond donors (Lipinski definition) is 3. The molecule has 1 aliphatic rings. The van der Waals surface area contributed by atoms with Crippen LogP contribution in [0.2, 0.25) is 0 Å². The number of hydrogen-bond acceptors (Lipinski definition) is 8. The molecular weight excluding hydrogens is 577 g/mol. The lowest BCUT2D eigenvalue weighted by Crippen LogP contribution is -2.37. The van der Waals surface area contributed by atoms with Crippen LogP contribution in [0.15, 0.2) is 77.2 Å². The molecule has 2 aromatic heterocycles.